The summed E-state index contributed by atoms with van der Waals surface area (Å²) in [4.78, 5) is 24.0. The van der Waals surface area contributed by atoms with Crippen molar-refractivity contribution in [3.63, 3.8) is 0 Å². The van der Waals surface area contributed by atoms with Crippen LogP contribution in [0.15, 0.2) is 54.6 Å². The van der Waals surface area contributed by atoms with Crippen LogP contribution < -0.4 is 10.6 Å². The average molecular weight is 326 g/mol. The van der Waals surface area contributed by atoms with E-state index in [1.807, 2.05) is 61.5 Å². The van der Waals surface area contributed by atoms with E-state index in [-0.39, 0.29) is 12.5 Å². The van der Waals surface area contributed by atoms with Crippen LogP contribution in [0.4, 0.5) is 10.5 Å². The first-order valence-corrected chi connectivity index (χ1v) is 7.96. The second-order valence-electron chi connectivity index (χ2n) is 5.43. The summed E-state index contributed by atoms with van der Waals surface area (Å²) in [5.41, 5.74) is 2.70. The van der Waals surface area contributed by atoms with Crippen LogP contribution in [0.5, 0.6) is 0 Å². The number of alkyl carbamates (subject to hydrolysis) is 1. The van der Waals surface area contributed by atoms with E-state index in [1.165, 1.54) is 0 Å². The molecule has 0 heterocycles. The number of nitrogens with one attached hydrogen (secondary N) is 2. The Labute approximate surface area is 142 Å². The maximum Gasteiger partial charge on any atom is 0.408 e. The van der Waals surface area contributed by atoms with Crippen molar-refractivity contribution in [2.45, 2.75) is 32.9 Å². The van der Waals surface area contributed by atoms with Crippen molar-refractivity contribution < 1.29 is 14.3 Å². The zero-order valence-electron chi connectivity index (χ0n) is 13.9. The van der Waals surface area contributed by atoms with Gasteiger partial charge < -0.3 is 15.4 Å². The molecule has 0 fully saturated rings. The van der Waals surface area contributed by atoms with Crippen LogP contribution in [0.25, 0.3) is 0 Å². The standard InChI is InChI=1S/C19H22N2O3/c1-3-16-11-7-8-12-17(16)21-18(22)14(2)20-19(23)24-13-15-9-5-4-6-10-15/h4-12,14H,3,13H2,1-2H3,(H,20,23)(H,21,22)/t14-/m1/s1. The summed E-state index contributed by atoms with van der Waals surface area (Å²) in [6.45, 7) is 3.81. The van der Waals surface area contributed by atoms with Crippen LogP contribution in [0.1, 0.15) is 25.0 Å². The lowest BCUT2D eigenvalue weighted by atomic mass is 10.1. The summed E-state index contributed by atoms with van der Waals surface area (Å²) < 4.78 is 5.11. The van der Waals surface area contributed by atoms with Crippen molar-refractivity contribution >= 4 is 17.7 Å². The predicted octanol–water partition coefficient (Wildman–Crippen LogP) is 3.50. The van der Waals surface area contributed by atoms with E-state index in [2.05, 4.69) is 10.6 Å². The maximum atomic E-state index is 12.2. The number of para-hydroxylation sites is 1. The van der Waals surface area contributed by atoms with Gasteiger partial charge >= 0.3 is 6.09 Å². The van der Waals surface area contributed by atoms with Crippen LogP contribution in [-0.4, -0.2) is 18.0 Å². The summed E-state index contributed by atoms with van der Waals surface area (Å²) in [5, 5.41) is 5.37. The summed E-state index contributed by atoms with van der Waals surface area (Å²) in [5.74, 6) is -0.285. The molecule has 0 radical (unpaired) electrons. The molecule has 1 atom stereocenters. The highest BCUT2D eigenvalue weighted by atomic mass is 16.5. The van der Waals surface area contributed by atoms with E-state index in [9.17, 15) is 9.59 Å². The Morgan fingerprint density at radius 3 is 2.42 bits per heavy atom. The highest BCUT2D eigenvalue weighted by Crippen LogP contribution is 2.15. The van der Waals surface area contributed by atoms with E-state index in [0.717, 1.165) is 23.2 Å². The van der Waals surface area contributed by atoms with Gasteiger partial charge in [-0.2, -0.15) is 0 Å². The van der Waals surface area contributed by atoms with Crippen molar-refractivity contribution in [2.75, 3.05) is 5.32 Å². The van der Waals surface area contributed by atoms with Crippen molar-refractivity contribution in [1.82, 2.24) is 5.32 Å². The number of carbonyl (C=O) groups excluding carboxylic acids is 2. The van der Waals surface area contributed by atoms with Crippen molar-refractivity contribution in [2.24, 2.45) is 0 Å². The minimum atomic E-state index is -0.696. The van der Waals surface area contributed by atoms with Crippen molar-refractivity contribution in [3.05, 3.63) is 65.7 Å². The summed E-state index contributed by atoms with van der Waals surface area (Å²) in [7, 11) is 0. The fourth-order valence-electron chi connectivity index (χ4n) is 2.20. The Hall–Kier alpha value is -2.82. The number of benzene rings is 2. The molecule has 0 saturated carbocycles. The van der Waals surface area contributed by atoms with Crippen LogP contribution in [0, 0.1) is 0 Å². The Kier molecular flexibility index (Phi) is 6.37. The van der Waals surface area contributed by atoms with Gasteiger partial charge in [0, 0.05) is 5.69 Å². The molecule has 5 heteroatoms. The molecule has 0 aliphatic carbocycles. The highest BCUT2D eigenvalue weighted by molar-refractivity contribution is 5.96. The third-order valence-corrected chi connectivity index (χ3v) is 3.60. The van der Waals surface area contributed by atoms with Crippen LogP contribution in [-0.2, 0) is 22.6 Å². The lowest BCUT2D eigenvalue weighted by molar-refractivity contribution is -0.117. The fraction of sp³-hybridized carbons (Fsp3) is 0.263. The molecule has 0 aliphatic heterocycles. The summed E-state index contributed by atoms with van der Waals surface area (Å²) in [6, 6.07) is 16.3. The number of carbonyl (C=O) groups is 2. The first kappa shape index (κ1) is 17.5. The molecule has 126 valence electrons. The molecule has 2 aromatic rings. The normalized spacial score (nSPS) is 11.4. The van der Waals surface area contributed by atoms with E-state index in [0.29, 0.717) is 0 Å². The minimum Gasteiger partial charge on any atom is -0.445 e. The van der Waals surface area contributed by atoms with Gasteiger partial charge in [0.1, 0.15) is 12.6 Å². The van der Waals surface area contributed by atoms with Gasteiger partial charge in [-0.05, 0) is 30.5 Å². The molecule has 24 heavy (non-hydrogen) atoms. The molecule has 0 saturated heterocycles. The Morgan fingerprint density at radius 2 is 1.71 bits per heavy atom. The zero-order valence-corrected chi connectivity index (χ0v) is 13.9. The predicted molar refractivity (Wildman–Crippen MR) is 93.7 cm³/mol. The monoisotopic (exact) mass is 326 g/mol. The van der Waals surface area contributed by atoms with Gasteiger partial charge in [0.2, 0.25) is 5.91 Å². The van der Waals surface area contributed by atoms with Crippen molar-refractivity contribution in [3.8, 4) is 0 Å². The first-order valence-electron chi connectivity index (χ1n) is 7.96. The van der Waals surface area contributed by atoms with E-state index in [4.69, 9.17) is 4.74 Å². The molecule has 5 nitrogen and oxygen atoms in total. The first-order chi connectivity index (χ1) is 11.6. The SMILES string of the molecule is CCc1ccccc1NC(=O)[C@@H](C)NC(=O)OCc1ccccc1. The van der Waals surface area contributed by atoms with E-state index in [1.54, 1.807) is 6.92 Å². The molecule has 0 bridgehead atoms. The lowest BCUT2D eigenvalue weighted by Crippen LogP contribution is -2.41. The number of anilines is 1. The molecular formula is C19H22N2O3. The number of ether oxygens (including phenoxy) is 1. The number of aryl methyl sites for hydroxylation is 1. The number of rotatable bonds is 6. The van der Waals surface area contributed by atoms with Gasteiger partial charge in [-0.1, -0.05) is 55.5 Å². The minimum absolute atomic E-state index is 0.166. The Balaban J connectivity index is 1.83. The second kappa shape index (κ2) is 8.72. The molecule has 0 spiro atoms. The number of hydrogen-bond acceptors (Lipinski definition) is 3. The topological polar surface area (TPSA) is 67.4 Å². The molecule has 2 N–H and O–H groups in total. The van der Waals surface area contributed by atoms with E-state index < -0.39 is 12.1 Å². The largest absolute Gasteiger partial charge is 0.445 e. The van der Waals surface area contributed by atoms with Gasteiger partial charge in [-0.15, -0.1) is 0 Å². The molecule has 2 amide bonds. The lowest BCUT2D eigenvalue weighted by Gasteiger charge is -2.15. The molecule has 0 aromatic heterocycles. The highest BCUT2D eigenvalue weighted by Gasteiger charge is 2.17. The molecule has 2 aromatic carbocycles. The van der Waals surface area contributed by atoms with Crippen LogP contribution in [0.2, 0.25) is 0 Å². The van der Waals surface area contributed by atoms with Gasteiger partial charge in [0.05, 0.1) is 0 Å². The van der Waals surface area contributed by atoms with Gasteiger partial charge in [-0.25, -0.2) is 4.79 Å². The third kappa shape index (κ3) is 5.12. The van der Waals surface area contributed by atoms with Crippen molar-refractivity contribution in [1.29, 1.82) is 0 Å². The molecule has 2 rings (SSSR count). The smallest absolute Gasteiger partial charge is 0.408 e. The van der Waals surface area contributed by atoms with Crippen LogP contribution >= 0.6 is 0 Å². The fourth-order valence-corrected chi connectivity index (χ4v) is 2.20. The van der Waals surface area contributed by atoms with Gasteiger partial charge in [-0.3, -0.25) is 4.79 Å². The Morgan fingerprint density at radius 1 is 1.04 bits per heavy atom. The third-order valence-electron chi connectivity index (χ3n) is 3.60. The zero-order chi connectivity index (χ0) is 17.4. The van der Waals surface area contributed by atoms with Gasteiger partial charge in [0.25, 0.3) is 0 Å². The van der Waals surface area contributed by atoms with Gasteiger partial charge in [0.15, 0.2) is 0 Å². The average Bonchev–Trinajstić information content (AvgIpc) is 2.61. The second-order valence-corrected chi connectivity index (χ2v) is 5.43. The molecule has 0 aliphatic rings. The van der Waals surface area contributed by atoms with Crippen LogP contribution in [0.3, 0.4) is 0 Å². The van der Waals surface area contributed by atoms with E-state index >= 15 is 0 Å². The number of hydrogen-bond donors (Lipinski definition) is 2. The number of amides is 2. The summed E-state index contributed by atoms with van der Waals surface area (Å²) >= 11 is 0. The Bertz CT molecular complexity index is 686. The summed E-state index contributed by atoms with van der Waals surface area (Å²) in [6.07, 6.45) is 0.197. The quantitative estimate of drug-likeness (QED) is 0.854. The maximum absolute atomic E-state index is 12.2. The molecule has 0 unspecified atom stereocenters. The molecular weight excluding hydrogens is 304 g/mol.